The molecule has 0 fully saturated rings. The number of benzene rings is 12. The Hall–Kier alpha value is -9.96. The first-order valence-electron chi connectivity index (χ1n) is 26.6. The maximum absolute atomic E-state index is 6.68. The lowest BCUT2D eigenvalue weighted by atomic mass is 9.66. The highest BCUT2D eigenvalue weighted by molar-refractivity contribution is 6.00. The van der Waals surface area contributed by atoms with Gasteiger partial charge in [0.25, 0.3) is 0 Å². The second-order valence-corrected chi connectivity index (χ2v) is 20.6. The zero-order valence-corrected chi connectivity index (χ0v) is 41.9. The molecule has 3 heteroatoms. The number of rotatable bonds is 6. The van der Waals surface area contributed by atoms with E-state index in [1.54, 1.807) is 0 Å². The van der Waals surface area contributed by atoms with E-state index in [-0.39, 0.29) is 0 Å². The summed E-state index contributed by atoms with van der Waals surface area (Å²) in [4.78, 5) is 2.44. The number of anilines is 3. The molecule has 3 nitrogen and oxygen atoms in total. The summed E-state index contributed by atoms with van der Waals surface area (Å²) in [5.41, 5.74) is 23.8. The molecule has 77 heavy (non-hydrogen) atoms. The molecule has 16 rings (SSSR count). The highest BCUT2D eigenvalue weighted by Crippen LogP contribution is 2.65. The third-order valence-electron chi connectivity index (χ3n) is 16.8. The summed E-state index contributed by atoms with van der Waals surface area (Å²) >= 11 is 0. The molecule has 0 aromatic heterocycles. The van der Waals surface area contributed by atoms with Crippen molar-refractivity contribution in [1.82, 2.24) is 0 Å². The van der Waals surface area contributed by atoms with Gasteiger partial charge in [0.2, 0.25) is 0 Å². The van der Waals surface area contributed by atoms with Crippen molar-refractivity contribution in [2.45, 2.75) is 10.8 Å². The van der Waals surface area contributed by atoms with Crippen LogP contribution < -0.4 is 14.4 Å². The SMILES string of the molecule is c1ccc(-c2ccccc2N(c2ccc(-c3cccc4c3-c3ccccc3C43c4ccccc4Oc4ccccc43)cc2)c2cccc(-c3cccc4c3-c3ccccc3C43c4ccccc4Oc4ccccc43)c2)cc1. The number of ether oxygens (including phenoxy) is 2. The van der Waals surface area contributed by atoms with Gasteiger partial charge >= 0.3 is 0 Å². The topological polar surface area (TPSA) is 21.7 Å². The van der Waals surface area contributed by atoms with Crippen molar-refractivity contribution < 1.29 is 9.47 Å². The third kappa shape index (κ3) is 6.08. The van der Waals surface area contributed by atoms with E-state index in [1.165, 1.54) is 55.6 Å². The molecule has 0 amide bonds. The van der Waals surface area contributed by atoms with Crippen LogP contribution in [0.5, 0.6) is 23.0 Å². The molecule has 0 radical (unpaired) electrons. The van der Waals surface area contributed by atoms with Crippen molar-refractivity contribution in [3.05, 3.63) is 330 Å². The van der Waals surface area contributed by atoms with Gasteiger partial charge in [-0.2, -0.15) is 0 Å². The Morgan fingerprint density at radius 3 is 1.12 bits per heavy atom. The lowest BCUT2D eigenvalue weighted by Gasteiger charge is -2.39. The molecular weight excluding hydrogens is 935 g/mol. The quantitative estimate of drug-likeness (QED) is 0.166. The predicted octanol–water partition coefficient (Wildman–Crippen LogP) is 19.1. The molecule has 0 N–H and O–H groups in total. The largest absolute Gasteiger partial charge is 0.457 e. The van der Waals surface area contributed by atoms with Gasteiger partial charge in [0.05, 0.1) is 16.5 Å². The molecule has 0 saturated carbocycles. The summed E-state index contributed by atoms with van der Waals surface area (Å²) in [6, 6.07) is 104. The van der Waals surface area contributed by atoms with Crippen LogP contribution in [0.25, 0.3) is 55.6 Å². The molecule has 0 atom stereocenters. The maximum atomic E-state index is 6.68. The average Bonchev–Trinajstić information content (AvgIpc) is 4.21. The third-order valence-corrected chi connectivity index (χ3v) is 16.8. The average molecular weight is 982 g/mol. The van der Waals surface area contributed by atoms with Crippen LogP contribution in [0.1, 0.15) is 44.5 Å². The van der Waals surface area contributed by atoms with Gasteiger partial charge in [-0.25, -0.2) is 0 Å². The van der Waals surface area contributed by atoms with Crippen molar-refractivity contribution >= 4 is 17.1 Å². The summed E-state index contributed by atoms with van der Waals surface area (Å²) in [6.07, 6.45) is 0. The van der Waals surface area contributed by atoms with Crippen LogP contribution in [-0.4, -0.2) is 0 Å². The van der Waals surface area contributed by atoms with E-state index in [0.717, 1.165) is 84.6 Å². The molecule has 12 aromatic carbocycles. The predicted molar refractivity (Wildman–Crippen MR) is 312 cm³/mol. The van der Waals surface area contributed by atoms with E-state index < -0.39 is 10.8 Å². The fourth-order valence-electron chi connectivity index (χ4n) is 13.8. The normalized spacial score (nSPS) is 13.9. The second-order valence-electron chi connectivity index (χ2n) is 20.6. The van der Waals surface area contributed by atoms with E-state index in [9.17, 15) is 0 Å². The lowest BCUT2D eigenvalue weighted by Crippen LogP contribution is -2.32. The number of nitrogens with zero attached hydrogens (tertiary/aromatic N) is 1. The first-order valence-corrected chi connectivity index (χ1v) is 26.6. The van der Waals surface area contributed by atoms with E-state index >= 15 is 0 Å². The fraction of sp³-hybridized carbons (Fsp3) is 0.0270. The Kier molecular flexibility index (Phi) is 9.47. The van der Waals surface area contributed by atoms with E-state index in [0.29, 0.717) is 0 Å². The van der Waals surface area contributed by atoms with Crippen LogP contribution >= 0.6 is 0 Å². The molecule has 0 unspecified atom stereocenters. The van der Waals surface area contributed by atoms with Crippen molar-refractivity contribution in [2.24, 2.45) is 0 Å². The number of para-hydroxylation sites is 5. The molecule has 12 aromatic rings. The number of hydrogen-bond donors (Lipinski definition) is 0. The first-order chi connectivity index (χ1) is 38.2. The molecule has 2 heterocycles. The van der Waals surface area contributed by atoms with E-state index in [1.807, 2.05) is 0 Å². The summed E-state index contributed by atoms with van der Waals surface area (Å²) in [6.45, 7) is 0. The van der Waals surface area contributed by atoms with Gasteiger partial charge in [0.15, 0.2) is 0 Å². The molecule has 4 aliphatic rings. The molecule has 2 aliphatic heterocycles. The van der Waals surface area contributed by atoms with Crippen LogP contribution in [0, 0.1) is 0 Å². The molecule has 2 spiro atoms. The Bertz CT molecular complexity index is 4270. The van der Waals surface area contributed by atoms with Gasteiger partial charge in [-0.1, -0.05) is 231 Å². The monoisotopic (exact) mass is 981 g/mol. The minimum Gasteiger partial charge on any atom is -0.457 e. The molecule has 2 aliphatic carbocycles. The van der Waals surface area contributed by atoms with Gasteiger partial charge in [-0.15, -0.1) is 0 Å². The standard InChI is InChI=1S/C74H47NO2/c1-2-21-48(22-3-1)53-25-6-13-38-66(53)75(51-45-43-49(44-46-51)54-28-19-36-64-71(54)56-26-4-7-30-58(56)73(64)60-32-9-14-39-67(60)76-68-40-15-10-33-61(68)73)52-24-18-23-50(47-52)55-29-20-37-65-72(55)57-27-5-8-31-59(57)74(65)62-34-11-16-41-69(62)77-70-42-17-12-35-63(70)74/h1-47H. The highest BCUT2D eigenvalue weighted by Gasteiger charge is 2.53. The molecule has 360 valence electrons. The van der Waals surface area contributed by atoms with Gasteiger partial charge in [0, 0.05) is 39.2 Å². The van der Waals surface area contributed by atoms with Gasteiger partial charge < -0.3 is 14.4 Å². The number of fused-ring (bicyclic) bond motifs is 18. The summed E-state index contributed by atoms with van der Waals surface area (Å²) < 4.78 is 13.3. The smallest absolute Gasteiger partial charge is 0.132 e. The number of hydrogen-bond acceptors (Lipinski definition) is 3. The van der Waals surface area contributed by atoms with Gasteiger partial charge in [-0.3, -0.25) is 0 Å². The van der Waals surface area contributed by atoms with Crippen LogP contribution in [0.3, 0.4) is 0 Å². The molecule has 0 saturated heterocycles. The van der Waals surface area contributed by atoms with Crippen LogP contribution in [0.4, 0.5) is 17.1 Å². The summed E-state index contributed by atoms with van der Waals surface area (Å²) in [5.74, 6) is 3.57. The van der Waals surface area contributed by atoms with Crippen molar-refractivity contribution in [2.75, 3.05) is 4.90 Å². The van der Waals surface area contributed by atoms with Crippen molar-refractivity contribution in [1.29, 1.82) is 0 Å². The highest BCUT2D eigenvalue weighted by atomic mass is 16.5. The van der Waals surface area contributed by atoms with Crippen molar-refractivity contribution in [3.63, 3.8) is 0 Å². The lowest BCUT2D eigenvalue weighted by molar-refractivity contribution is 0.436. The van der Waals surface area contributed by atoms with E-state index in [2.05, 4.69) is 290 Å². The second kappa shape index (κ2) is 16.8. The summed E-state index contributed by atoms with van der Waals surface area (Å²) in [7, 11) is 0. The zero-order chi connectivity index (χ0) is 50.7. The van der Waals surface area contributed by atoms with Crippen LogP contribution in [0.2, 0.25) is 0 Å². The minimum atomic E-state index is -0.561. The first kappa shape index (κ1) is 43.4. The Labute approximate surface area is 448 Å². The van der Waals surface area contributed by atoms with Crippen LogP contribution in [0.15, 0.2) is 285 Å². The molecular formula is C74H47NO2. The Morgan fingerprint density at radius 2 is 0.597 bits per heavy atom. The van der Waals surface area contributed by atoms with E-state index in [4.69, 9.17) is 9.47 Å². The van der Waals surface area contributed by atoms with Gasteiger partial charge in [-0.05, 0) is 127 Å². The van der Waals surface area contributed by atoms with Crippen LogP contribution in [-0.2, 0) is 10.8 Å². The van der Waals surface area contributed by atoms with Gasteiger partial charge in [0.1, 0.15) is 23.0 Å². The van der Waals surface area contributed by atoms with Crippen molar-refractivity contribution in [3.8, 4) is 78.6 Å². The summed E-state index contributed by atoms with van der Waals surface area (Å²) in [5, 5.41) is 0. The minimum absolute atomic E-state index is 0.544. The Morgan fingerprint density at radius 1 is 0.234 bits per heavy atom. The fourth-order valence-corrected chi connectivity index (χ4v) is 13.8. The maximum Gasteiger partial charge on any atom is 0.132 e. The Balaban J connectivity index is 0.869. The zero-order valence-electron chi connectivity index (χ0n) is 41.9. The molecule has 0 bridgehead atoms.